The molecule has 1 aliphatic rings. The number of amides is 10. The maximum absolute atomic E-state index is 15.1. The van der Waals surface area contributed by atoms with Crippen LogP contribution in [0.4, 0.5) is 0 Å². The number of primary amides is 1. The zero-order chi connectivity index (χ0) is 69.3. The fraction of sp³-hybridized carbons (Fsp3) is 0.433. The summed E-state index contributed by atoms with van der Waals surface area (Å²) in [5.41, 5.74) is 20.2. The number of aromatic hydroxyl groups is 1. The standard InChI is InChI=1S/C67H87N13O15/c1-4-5-21-46(72-58(85)47(23-14-29-68)73-65(92)57(70)38(2)3)59(86)78-52(33-41-25-27-43(81)28-26-41)66(93)80-30-15-24-54(80)64(91)77-49(32-40-18-10-7-11-19-40)61(88)74-48(31-39-16-8-6-9-17-39)60(87)75-50(35-55(69)82)62(89)76-51(36-56(83)84)63(90)79-53(67(94)95)34-42-37-71-45-22-13-12-20-44(42)45/h6-13,16-20,22,25-28,37-38,46-54,57,71,81H,4-5,14-15,21,23-24,29-36,68,70H2,1-3H3,(H2,69,82)(H,72,85)(H,73,92)(H,74,88)(H,75,87)(H,76,89)(H,77,91)(H,78,86)(H,79,90)(H,83,84)(H,94,95)/t46-,47-,48-,49-,50-,51-,52-,53-,54-,57-/m0/s1. The first-order chi connectivity index (χ1) is 45.3. The summed E-state index contributed by atoms with van der Waals surface area (Å²) in [6.07, 6.45) is 0.863. The molecule has 510 valence electrons. The van der Waals surface area contributed by atoms with Gasteiger partial charge in [-0.05, 0) is 85.0 Å². The van der Waals surface area contributed by atoms with E-state index in [4.69, 9.17) is 17.2 Å². The van der Waals surface area contributed by atoms with Gasteiger partial charge in [-0.2, -0.15) is 0 Å². The predicted molar refractivity (Wildman–Crippen MR) is 349 cm³/mol. The molecule has 0 aliphatic carbocycles. The molecule has 95 heavy (non-hydrogen) atoms. The lowest BCUT2D eigenvalue weighted by Gasteiger charge is -2.31. The molecule has 18 N–H and O–H groups in total. The molecule has 0 unspecified atom stereocenters. The van der Waals surface area contributed by atoms with E-state index in [0.717, 1.165) is 0 Å². The molecule has 1 aromatic heterocycles. The molecule has 10 atom stereocenters. The van der Waals surface area contributed by atoms with Gasteiger partial charge >= 0.3 is 11.9 Å². The second kappa shape index (κ2) is 36.3. The van der Waals surface area contributed by atoms with Crippen LogP contribution in [0.15, 0.2) is 115 Å². The van der Waals surface area contributed by atoms with E-state index in [1.807, 2.05) is 6.92 Å². The lowest BCUT2D eigenvalue weighted by Crippen LogP contribution is -2.61. The number of carbonyl (C=O) groups is 12. The lowest BCUT2D eigenvalue weighted by atomic mass is 10.0. The van der Waals surface area contributed by atoms with Crippen molar-refractivity contribution in [1.29, 1.82) is 0 Å². The van der Waals surface area contributed by atoms with E-state index in [1.165, 1.54) is 17.0 Å². The number of nitrogens with two attached hydrogens (primary N) is 3. The summed E-state index contributed by atoms with van der Waals surface area (Å²) >= 11 is 0. The molecule has 0 radical (unpaired) electrons. The Morgan fingerprint density at radius 2 is 1.01 bits per heavy atom. The van der Waals surface area contributed by atoms with Crippen molar-refractivity contribution in [2.45, 2.75) is 165 Å². The van der Waals surface area contributed by atoms with Crippen LogP contribution in [-0.2, 0) is 83.2 Å². The molecule has 1 saturated heterocycles. The van der Waals surface area contributed by atoms with Crippen molar-refractivity contribution in [3.63, 3.8) is 0 Å². The van der Waals surface area contributed by atoms with Gasteiger partial charge < -0.3 is 84.9 Å². The van der Waals surface area contributed by atoms with E-state index in [9.17, 15) is 68.1 Å². The number of rotatable bonds is 37. The van der Waals surface area contributed by atoms with Crippen molar-refractivity contribution in [3.8, 4) is 5.75 Å². The molecular weight excluding hydrogens is 1230 g/mol. The summed E-state index contributed by atoms with van der Waals surface area (Å²) in [5, 5.41) is 51.5. The number of phenols is 1. The number of hydrogen-bond donors (Lipinski definition) is 15. The molecule has 4 aromatic carbocycles. The molecule has 0 spiro atoms. The smallest absolute Gasteiger partial charge is 0.326 e. The number of para-hydroxylation sites is 1. The van der Waals surface area contributed by atoms with Gasteiger partial charge in [-0.3, -0.25) is 52.7 Å². The number of nitrogens with one attached hydrogen (secondary N) is 9. The van der Waals surface area contributed by atoms with E-state index in [-0.39, 0.29) is 69.7 Å². The van der Waals surface area contributed by atoms with Gasteiger partial charge in [0.2, 0.25) is 59.1 Å². The summed E-state index contributed by atoms with van der Waals surface area (Å²) < 4.78 is 0. The van der Waals surface area contributed by atoms with Gasteiger partial charge in [0.15, 0.2) is 0 Å². The van der Waals surface area contributed by atoms with E-state index >= 15 is 4.79 Å². The highest BCUT2D eigenvalue weighted by Gasteiger charge is 2.41. The molecule has 10 amide bonds. The van der Waals surface area contributed by atoms with Crippen LogP contribution in [0, 0.1) is 5.92 Å². The minimum atomic E-state index is -1.96. The number of unbranched alkanes of at least 4 members (excludes halogenated alkanes) is 1. The Bertz CT molecular complexity index is 3480. The number of nitrogens with zero attached hydrogens (tertiary/aromatic N) is 1. The van der Waals surface area contributed by atoms with Gasteiger partial charge in [-0.25, -0.2) is 4.79 Å². The Hall–Kier alpha value is -10.2. The molecule has 0 saturated carbocycles. The van der Waals surface area contributed by atoms with E-state index in [0.29, 0.717) is 58.8 Å². The molecular formula is C67H87N13O15. The van der Waals surface area contributed by atoms with Crippen molar-refractivity contribution in [1.82, 2.24) is 52.4 Å². The third kappa shape index (κ3) is 22.5. The number of H-pyrrole nitrogens is 1. The minimum absolute atomic E-state index is 0.0290. The second-order valence-corrected chi connectivity index (χ2v) is 23.9. The average molecular weight is 1310 g/mol. The topological polar surface area (TPSA) is 459 Å². The zero-order valence-corrected chi connectivity index (χ0v) is 53.3. The predicted octanol–water partition coefficient (Wildman–Crippen LogP) is 0.361. The monoisotopic (exact) mass is 1310 g/mol. The van der Waals surface area contributed by atoms with Crippen LogP contribution in [-0.4, -0.2) is 170 Å². The largest absolute Gasteiger partial charge is 0.508 e. The summed E-state index contributed by atoms with van der Waals surface area (Å²) in [5.74, 6) is -12.5. The Morgan fingerprint density at radius 1 is 0.547 bits per heavy atom. The first kappa shape index (κ1) is 73.8. The molecule has 5 aromatic rings. The van der Waals surface area contributed by atoms with Gasteiger partial charge in [0.25, 0.3) is 0 Å². The number of fused-ring (bicyclic) bond motifs is 1. The number of aromatic amines is 1. The third-order valence-electron chi connectivity index (χ3n) is 16.3. The number of benzene rings is 4. The quantitative estimate of drug-likeness (QED) is 0.0255. The molecule has 28 heteroatoms. The van der Waals surface area contributed by atoms with Gasteiger partial charge in [-0.15, -0.1) is 0 Å². The average Bonchev–Trinajstić information content (AvgIpc) is 1.81. The zero-order valence-electron chi connectivity index (χ0n) is 53.3. The highest BCUT2D eigenvalue weighted by atomic mass is 16.4. The van der Waals surface area contributed by atoms with E-state index in [2.05, 4.69) is 47.5 Å². The summed E-state index contributed by atoms with van der Waals surface area (Å²) in [4.78, 5) is 170. The molecule has 1 fully saturated rings. The van der Waals surface area contributed by atoms with Crippen molar-refractivity contribution in [3.05, 3.63) is 138 Å². The van der Waals surface area contributed by atoms with Crippen molar-refractivity contribution >= 4 is 81.9 Å². The number of carboxylic acids is 2. The van der Waals surface area contributed by atoms with Crippen LogP contribution < -0.4 is 59.7 Å². The van der Waals surface area contributed by atoms with Crippen molar-refractivity contribution < 1.29 is 72.9 Å². The Balaban J connectivity index is 1.24. The summed E-state index contributed by atoms with van der Waals surface area (Å²) in [7, 11) is 0. The van der Waals surface area contributed by atoms with E-state index in [1.54, 1.807) is 117 Å². The molecule has 1 aliphatic heterocycles. The van der Waals surface area contributed by atoms with Crippen molar-refractivity contribution in [2.24, 2.45) is 23.1 Å². The van der Waals surface area contributed by atoms with Crippen LogP contribution in [0.2, 0.25) is 0 Å². The van der Waals surface area contributed by atoms with Crippen LogP contribution in [0.25, 0.3) is 10.9 Å². The fourth-order valence-electron chi connectivity index (χ4n) is 10.9. The number of aromatic nitrogens is 1. The number of hydrogen-bond acceptors (Lipinski definition) is 15. The third-order valence-corrected chi connectivity index (χ3v) is 16.3. The number of carboxylic acid groups (broad SMARTS) is 2. The second-order valence-electron chi connectivity index (χ2n) is 23.9. The number of carbonyl (C=O) groups excluding carboxylic acids is 10. The maximum Gasteiger partial charge on any atom is 0.326 e. The summed E-state index contributed by atoms with van der Waals surface area (Å²) in [6, 6.07) is 15.3. The molecule has 6 rings (SSSR count). The molecule has 2 heterocycles. The van der Waals surface area contributed by atoms with Crippen LogP contribution in [0.5, 0.6) is 5.75 Å². The SMILES string of the molecule is CCCC[C@H](NC(=O)[C@H](CCCN)NC(=O)[C@@H](N)C(C)C)C(=O)N[C@@H](Cc1ccc(O)cc1)C(=O)N1CCC[C@H]1C(=O)N[C@@H](Cc1ccccc1)C(=O)N[C@@H](Cc1ccccc1)C(=O)N[C@@H](CC(N)=O)C(=O)N[C@@H](CC(=O)O)C(=O)N[C@@H](Cc1c[nH]c2ccccc12)C(=O)O. The first-order valence-electron chi connectivity index (χ1n) is 31.7. The molecule has 0 bridgehead atoms. The number of phenolic OH excluding ortho intramolecular Hbond substituents is 1. The fourth-order valence-corrected chi connectivity index (χ4v) is 10.9. The maximum atomic E-state index is 15.1. The van der Waals surface area contributed by atoms with Crippen LogP contribution in [0.1, 0.15) is 101 Å². The van der Waals surface area contributed by atoms with Gasteiger partial charge in [0.05, 0.1) is 18.9 Å². The van der Waals surface area contributed by atoms with Gasteiger partial charge in [-0.1, -0.05) is 125 Å². The minimum Gasteiger partial charge on any atom is -0.508 e. The Kier molecular flexibility index (Phi) is 28.2. The van der Waals surface area contributed by atoms with Crippen LogP contribution >= 0.6 is 0 Å². The highest BCUT2D eigenvalue weighted by molar-refractivity contribution is 6.00. The number of likely N-dealkylation sites (tertiary alicyclic amines) is 1. The van der Waals surface area contributed by atoms with Crippen LogP contribution in [0.3, 0.4) is 0 Å². The first-order valence-corrected chi connectivity index (χ1v) is 31.7. The lowest BCUT2D eigenvalue weighted by molar-refractivity contribution is -0.144. The van der Waals surface area contributed by atoms with Crippen molar-refractivity contribution in [2.75, 3.05) is 13.1 Å². The summed E-state index contributed by atoms with van der Waals surface area (Å²) in [6.45, 7) is 5.63. The highest BCUT2D eigenvalue weighted by Crippen LogP contribution is 2.23. The molecule has 28 nitrogen and oxygen atoms in total. The normalized spacial score (nSPS) is 15.6. The Labute approximate surface area is 549 Å². The van der Waals surface area contributed by atoms with Gasteiger partial charge in [0, 0.05) is 49.3 Å². The van der Waals surface area contributed by atoms with E-state index < -0.39 is 144 Å². The Morgan fingerprint density at radius 3 is 1.56 bits per heavy atom. The van der Waals surface area contributed by atoms with Gasteiger partial charge in [0.1, 0.15) is 60.1 Å². The number of aliphatic carboxylic acids is 2.